The van der Waals surface area contributed by atoms with E-state index in [9.17, 15) is 15.2 Å². The molecule has 0 amide bonds. The predicted molar refractivity (Wildman–Crippen MR) is 127 cm³/mol. The summed E-state index contributed by atoms with van der Waals surface area (Å²) in [5, 5.41) is 23.3. The highest BCUT2D eigenvalue weighted by Gasteiger charge is 2.28. The first-order valence-electron chi connectivity index (χ1n) is 11.6. The Morgan fingerprint density at radius 2 is 1.94 bits per heavy atom. The van der Waals surface area contributed by atoms with E-state index in [2.05, 4.69) is 49.5 Å². The fraction of sp³-hybridized carbons (Fsp3) is 0.481. The van der Waals surface area contributed by atoms with Crippen molar-refractivity contribution >= 4 is 5.97 Å². The van der Waals surface area contributed by atoms with Gasteiger partial charge in [-0.1, -0.05) is 37.3 Å². The molecule has 0 saturated heterocycles. The topological polar surface area (TPSA) is 91.6 Å². The number of benzene rings is 2. The second-order valence-corrected chi connectivity index (χ2v) is 9.43. The van der Waals surface area contributed by atoms with Crippen LogP contribution in [0.25, 0.3) is 0 Å². The van der Waals surface area contributed by atoms with Crippen molar-refractivity contribution in [1.82, 2.24) is 5.32 Å². The Labute approximate surface area is 196 Å². The monoisotopic (exact) mass is 450 g/mol. The number of nitrogens with one attached hydrogen (secondary N) is 1. The minimum Gasteiger partial charge on any atom is -0.489 e. The molecule has 33 heavy (non-hydrogen) atoms. The number of β-amino-alcohol motifs (C(OH)–C–C–N with tert-alkyl or cyclic N) is 1. The van der Waals surface area contributed by atoms with Crippen molar-refractivity contribution in [2.45, 2.75) is 64.7 Å². The SMILES string of the molecule is CCC(=O)OCc1ccc(C#N)c(OC[C@H](O)CNC(C)(C)CC2Cc3ccccc3C2)c1. The number of ether oxygens (including phenoxy) is 2. The lowest BCUT2D eigenvalue weighted by molar-refractivity contribution is -0.144. The van der Waals surface area contributed by atoms with Crippen LogP contribution in [0.15, 0.2) is 42.5 Å². The summed E-state index contributed by atoms with van der Waals surface area (Å²) in [7, 11) is 0. The second kappa shape index (κ2) is 11.3. The van der Waals surface area contributed by atoms with Gasteiger partial charge in [-0.2, -0.15) is 5.26 Å². The van der Waals surface area contributed by atoms with Crippen LogP contribution in [-0.4, -0.2) is 35.9 Å². The van der Waals surface area contributed by atoms with Gasteiger partial charge < -0.3 is 19.9 Å². The number of aliphatic hydroxyl groups is 1. The summed E-state index contributed by atoms with van der Waals surface area (Å²) in [5.41, 5.74) is 3.89. The van der Waals surface area contributed by atoms with Crippen LogP contribution in [-0.2, 0) is 29.0 Å². The van der Waals surface area contributed by atoms with E-state index in [4.69, 9.17) is 9.47 Å². The van der Waals surface area contributed by atoms with E-state index in [1.54, 1.807) is 25.1 Å². The summed E-state index contributed by atoms with van der Waals surface area (Å²) < 4.78 is 10.9. The molecule has 3 rings (SSSR count). The van der Waals surface area contributed by atoms with E-state index in [-0.39, 0.29) is 24.7 Å². The number of nitriles is 1. The van der Waals surface area contributed by atoms with E-state index < -0.39 is 6.10 Å². The van der Waals surface area contributed by atoms with E-state index in [0.29, 0.717) is 30.2 Å². The molecular formula is C27H34N2O4. The van der Waals surface area contributed by atoms with Gasteiger partial charge in [-0.25, -0.2) is 0 Å². The number of rotatable bonds is 11. The van der Waals surface area contributed by atoms with Crippen LogP contribution in [0.4, 0.5) is 0 Å². The number of carbonyl (C=O) groups is 1. The summed E-state index contributed by atoms with van der Waals surface area (Å²) >= 11 is 0. The van der Waals surface area contributed by atoms with Crippen molar-refractivity contribution in [3.63, 3.8) is 0 Å². The Hall–Kier alpha value is -2.88. The van der Waals surface area contributed by atoms with E-state index in [0.717, 1.165) is 24.8 Å². The highest BCUT2D eigenvalue weighted by molar-refractivity contribution is 5.68. The first kappa shape index (κ1) is 24.8. The van der Waals surface area contributed by atoms with Gasteiger partial charge >= 0.3 is 5.97 Å². The van der Waals surface area contributed by atoms with Crippen LogP contribution >= 0.6 is 0 Å². The van der Waals surface area contributed by atoms with Crippen LogP contribution in [0.3, 0.4) is 0 Å². The Morgan fingerprint density at radius 3 is 2.58 bits per heavy atom. The Balaban J connectivity index is 1.47. The average molecular weight is 451 g/mol. The number of nitrogens with zero attached hydrogens (tertiary/aromatic N) is 1. The number of esters is 1. The van der Waals surface area contributed by atoms with Gasteiger partial charge in [0.2, 0.25) is 0 Å². The second-order valence-electron chi connectivity index (χ2n) is 9.43. The van der Waals surface area contributed by atoms with Crippen molar-refractivity contribution in [2.24, 2.45) is 5.92 Å². The summed E-state index contributed by atoms with van der Waals surface area (Å²) in [5.74, 6) is 0.693. The van der Waals surface area contributed by atoms with Crippen LogP contribution < -0.4 is 10.1 Å². The third kappa shape index (κ3) is 7.31. The zero-order valence-electron chi connectivity index (χ0n) is 19.8. The van der Waals surface area contributed by atoms with Gasteiger partial charge in [0, 0.05) is 18.5 Å². The third-order valence-electron chi connectivity index (χ3n) is 6.04. The molecule has 0 fully saturated rings. The van der Waals surface area contributed by atoms with Gasteiger partial charge in [0.25, 0.3) is 0 Å². The van der Waals surface area contributed by atoms with Crippen LogP contribution in [0.5, 0.6) is 5.75 Å². The molecule has 1 aliphatic rings. The van der Waals surface area contributed by atoms with Gasteiger partial charge in [0.15, 0.2) is 0 Å². The molecule has 6 nitrogen and oxygen atoms in total. The number of aliphatic hydroxyl groups excluding tert-OH is 1. The molecule has 0 aromatic heterocycles. The maximum Gasteiger partial charge on any atom is 0.305 e. The zero-order chi connectivity index (χ0) is 23.8. The smallest absolute Gasteiger partial charge is 0.305 e. The van der Waals surface area contributed by atoms with E-state index in [1.165, 1.54) is 11.1 Å². The lowest BCUT2D eigenvalue weighted by Gasteiger charge is -2.30. The molecule has 0 unspecified atom stereocenters. The largest absolute Gasteiger partial charge is 0.489 e. The molecule has 0 saturated carbocycles. The molecule has 0 radical (unpaired) electrons. The molecule has 1 atom stereocenters. The zero-order valence-corrected chi connectivity index (χ0v) is 19.8. The van der Waals surface area contributed by atoms with Crippen molar-refractivity contribution in [3.8, 4) is 11.8 Å². The van der Waals surface area contributed by atoms with Crippen molar-refractivity contribution in [1.29, 1.82) is 5.26 Å². The van der Waals surface area contributed by atoms with Gasteiger partial charge in [0.05, 0.1) is 5.56 Å². The van der Waals surface area contributed by atoms with E-state index in [1.807, 2.05) is 0 Å². The molecule has 0 heterocycles. The van der Waals surface area contributed by atoms with Gasteiger partial charge in [-0.3, -0.25) is 4.79 Å². The Morgan fingerprint density at radius 1 is 1.24 bits per heavy atom. The highest BCUT2D eigenvalue weighted by atomic mass is 16.5. The molecule has 1 aliphatic carbocycles. The van der Waals surface area contributed by atoms with Crippen LogP contribution in [0, 0.1) is 17.2 Å². The van der Waals surface area contributed by atoms with Crippen molar-refractivity contribution in [2.75, 3.05) is 13.2 Å². The van der Waals surface area contributed by atoms with Gasteiger partial charge in [-0.15, -0.1) is 0 Å². The molecule has 6 heteroatoms. The molecule has 0 spiro atoms. The predicted octanol–water partition coefficient (Wildman–Crippen LogP) is 3.92. The lowest BCUT2D eigenvalue weighted by atomic mass is 9.88. The minimum absolute atomic E-state index is 0.0603. The standard InChI is InChI=1S/C27H34N2O4/c1-4-26(31)33-17-19-9-10-23(15-28)25(13-19)32-18-24(30)16-29-27(2,3)14-20-11-21-7-5-6-8-22(21)12-20/h5-10,13,20,24,29-30H,4,11-12,14,16-18H2,1-3H3/t24-/m1/s1. The van der Waals surface area contributed by atoms with Gasteiger partial charge in [-0.05, 0) is 67.9 Å². The molecular weight excluding hydrogens is 416 g/mol. The van der Waals surface area contributed by atoms with Crippen molar-refractivity contribution < 1.29 is 19.4 Å². The summed E-state index contributed by atoms with van der Waals surface area (Å²) in [6.45, 7) is 6.64. The Bertz CT molecular complexity index is 971. The summed E-state index contributed by atoms with van der Waals surface area (Å²) in [6.07, 6.45) is 2.81. The van der Waals surface area contributed by atoms with Crippen molar-refractivity contribution in [3.05, 3.63) is 64.7 Å². The summed E-state index contributed by atoms with van der Waals surface area (Å²) in [4.78, 5) is 11.4. The number of carbonyl (C=O) groups excluding carboxylic acids is 1. The maximum absolute atomic E-state index is 11.4. The van der Waals surface area contributed by atoms with Gasteiger partial charge in [0.1, 0.15) is 31.1 Å². The molecule has 2 aromatic rings. The van der Waals surface area contributed by atoms with E-state index >= 15 is 0 Å². The summed E-state index contributed by atoms with van der Waals surface area (Å²) in [6, 6.07) is 15.8. The first-order chi connectivity index (χ1) is 15.8. The highest BCUT2D eigenvalue weighted by Crippen LogP contribution is 2.31. The number of fused-ring (bicyclic) bond motifs is 1. The fourth-order valence-electron chi connectivity index (χ4n) is 4.36. The van der Waals surface area contributed by atoms with Crippen LogP contribution in [0.1, 0.15) is 55.9 Å². The fourth-order valence-corrected chi connectivity index (χ4v) is 4.36. The molecule has 2 N–H and O–H groups in total. The minimum atomic E-state index is -0.724. The molecule has 0 bridgehead atoms. The number of hydrogen-bond acceptors (Lipinski definition) is 6. The number of hydrogen-bond donors (Lipinski definition) is 2. The molecule has 176 valence electrons. The molecule has 0 aliphatic heterocycles. The lowest BCUT2D eigenvalue weighted by Crippen LogP contribution is -2.46. The maximum atomic E-state index is 11.4. The Kier molecular flexibility index (Phi) is 8.49. The quantitative estimate of drug-likeness (QED) is 0.504. The first-order valence-corrected chi connectivity index (χ1v) is 11.6. The van der Waals surface area contributed by atoms with Crippen LogP contribution in [0.2, 0.25) is 0 Å². The molecule has 2 aromatic carbocycles. The average Bonchev–Trinajstić information content (AvgIpc) is 3.21. The normalized spacial score (nSPS) is 14.4. The third-order valence-corrected chi connectivity index (χ3v) is 6.04.